The van der Waals surface area contributed by atoms with Crippen LogP contribution in [0, 0.1) is 0 Å². The van der Waals surface area contributed by atoms with Gasteiger partial charge in [-0.1, -0.05) is 6.07 Å². The lowest BCUT2D eigenvalue weighted by Crippen LogP contribution is -2.00. The molecule has 17 heavy (non-hydrogen) atoms. The molecule has 0 aliphatic heterocycles. The molecule has 0 aliphatic carbocycles. The van der Waals surface area contributed by atoms with Crippen LogP contribution in [0.5, 0.6) is 5.75 Å². The fraction of sp³-hybridized carbons (Fsp3) is 0.167. The Labute approximate surface area is 107 Å². The maximum Gasteiger partial charge on any atom is 0.188 e. The normalized spacial score (nSPS) is 10.5. The Kier molecular flexibility index (Phi) is 3.71. The lowest BCUT2D eigenvalue weighted by atomic mass is 10.2. The van der Waals surface area contributed by atoms with Crippen LogP contribution in [-0.4, -0.2) is 25.2 Å². The molecule has 1 aromatic heterocycles. The summed E-state index contributed by atoms with van der Waals surface area (Å²) in [6, 6.07) is 7.23. The Morgan fingerprint density at radius 2 is 2.12 bits per heavy atom. The van der Waals surface area contributed by atoms with Crippen LogP contribution in [0.25, 0.3) is 10.9 Å². The molecule has 1 heterocycles. The first-order valence-corrected chi connectivity index (χ1v) is 5.71. The van der Waals surface area contributed by atoms with Crippen molar-refractivity contribution in [1.82, 2.24) is 4.98 Å². The summed E-state index contributed by atoms with van der Waals surface area (Å²) >= 11 is 3.42. The largest absolute Gasteiger partial charge is 0.466 e. The molecular weight excluding hydrogens is 286 g/mol. The number of nitrogens with zero attached hydrogens (tertiary/aromatic N) is 1. The zero-order valence-electron chi connectivity index (χ0n) is 9.14. The Morgan fingerprint density at radius 1 is 1.35 bits per heavy atom. The number of hydrogen-bond donors (Lipinski definition) is 0. The van der Waals surface area contributed by atoms with Crippen LogP contribution in [0.15, 0.2) is 28.7 Å². The number of carbonyl (C=O) groups is 1. The highest BCUT2D eigenvalue weighted by atomic mass is 79.9. The number of halogens is 1. The predicted molar refractivity (Wildman–Crippen MR) is 67.3 cm³/mol. The van der Waals surface area contributed by atoms with Gasteiger partial charge in [0.2, 0.25) is 0 Å². The third-order valence-electron chi connectivity index (χ3n) is 2.24. The second-order valence-corrected chi connectivity index (χ2v) is 4.15. The molecule has 0 fully saturated rings. The molecule has 88 valence electrons. The minimum absolute atomic E-state index is 0.164. The smallest absolute Gasteiger partial charge is 0.188 e. The van der Waals surface area contributed by atoms with E-state index in [-0.39, 0.29) is 6.79 Å². The Bertz CT molecular complexity index is 557. The van der Waals surface area contributed by atoms with E-state index in [1.165, 1.54) is 0 Å². The molecule has 2 rings (SSSR count). The molecule has 5 heteroatoms. The molecule has 0 spiro atoms. The van der Waals surface area contributed by atoms with E-state index >= 15 is 0 Å². The number of ether oxygens (including phenoxy) is 2. The topological polar surface area (TPSA) is 48.4 Å². The van der Waals surface area contributed by atoms with E-state index in [2.05, 4.69) is 20.9 Å². The quantitative estimate of drug-likeness (QED) is 0.643. The van der Waals surface area contributed by atoms with Crippen molar-refractivity contribution in [2.75, 3.05) is 13.9 Å². The van der Waals surface area contributed by atoms with Gasteiger partial charge in [0.1, 0.15) is 11.4 Å². The molecule has 0 bridgehead atoms. The molecule has 2 aromatic rings. The summed E-state index contributed by atoms with van der Waals surface area (Å²) in [4.78, 5) is 14.9. The second-order valence-electron chi connectivity index (χ2n) is 3.35. The number of aromatic nitrogens is 1. The van der Waals surface area contributed by atoms with E-state index in [1.807, 2.05) is 18.2 Å². The first kappa shape index (κ1) is 12.0. The van der Waals surface area contributed by atoms with Crippen molar-refractivity contribution >= 4 is 33.1 Å². The molecule has 0 saturated carbocycles. The van der Waals surface area contributed by atoms with Crippen molar-refractivity contribution in [3.63, 3.8) is 0 Å². The van der Waals surface area contributed by atoms with Crippen LogP contribution in [-0.2, 0) is 4.74 Å². The average Bonchev–Trinajstić information content (AvgIpc) is 2.38. The van der Waals surface area contributed by atoms with Crippen LogP contribution in [0.2, 0.25) is 0 Å². The number of rotatable bonds is 4. The molecule has 0 N–H and O–H groups in total. The van der Waals surface area contributed by atoms with Crippen molar-refractivity contribution in [2.45, 2.75) is 0 Å². The summed E-state index contributed by atoms with van der Waals surface area (Å²) in [6.07, 6.45) is 0.717. The van der Waals surface area contributed by atoms with Gasteiger partial charge in [-0.25, -0.2) is 4.98 Å². The van der Waals surface area contributed by atoms with Gasteiger partial charge in [-0.2, -0.15) is 0 Å². The van der Waals surface area contributed by atoms with Gasteiger partial charge in [0.15, 0.2) is 13.1 Å². The highest BCUT2D eigenvalue weighted by Crippen LogP contribution is 2.32. The van der Waals surface area contributed by atoms with Gasteiger partial charge in [0.25, 0.3) is 0 Å². The van der Waals surface area contributed by atoms with Crippen molar-refractivity contribution in [3.8, 4) is 5.75 Å². The summed E-state index contributed by atoms with van der Waals surface area (Å²) in [5.74, 6) is 0.634. The van der Waals surface area contributed by atoms with Crippen LogP contribution in [0.3, 0.4) is 0 Å². The average molecular weight is 296 g/mol. The SMILES string of the molecule is COCOc1ccc2ccc(C=O)nc2c1Br. The van der Waals surface area contributed by atoms with E-state index in [0.29, 0.717) is 23.2 Å². The zero-order valence-corrected chi connectivity index (χ0v) is 10.7. The van der Waals surface area contributed by atoms with Gasteiger partial charge in [0.05, 0.1) is 9.99 Å². The molecule has 0 atom stereocenters. The summed E-state index contributed by atoms with van der Waals surface area (Å²) in [5.41, 5.74) is 1.09. The maximum atomic E-state index is 10.7. The minimum Gasteiger partial charge on any atom is -0.466 e. The van der Waals surface area contributed by atoms with Crippen LogP contribution >= 0.6 is 15.9 Å². The Hall–Kier alpha value is -1.46. The maximum absolute atomic E-state index is 10.7. The molecule has 0 saturated heterocycles. The van der Waals surface area contributed by atoms with Crippen LogP contribution in [0.4, 0.5) is 0 Å². The third-order valence-corrected chi connectivity index (χ3v) is 3.01. The number of pyridine rings is 1. The highest BCUT2D eigenvalue weighted by molar-refractivity contribution is 9.10. The Balaban J connectivity index is 2.52. The fourth-order valence-electron chi connectivity index (χ4n) is 1.45. The van der Waals surface area contributed by atoms with Gasteiger partial charge in [0, 0.05) is 12.5 Å². The molecule has 0 unspecified atom stereocenters. The van der Waals surface area contributed by atoms with E-state index in [9.17, 15) is 4.79 Å². The summed E-state index contributed by atoms with van der Waals surface area (Å²) < 4.78 is 10.9. The monoisotopic (exact) mass is 295 g/mol. The zero-order chi connectivity index (χ0) is 12.3. The summed E-state index contributed by atoms with van der Waals surface area (Å²) in [6.45, 7) is 0.164. The van der Waals surface area contributed by atoms with Gasteiger partial charge >= 0.3 is 0 Å². The second kappa shape index (κ2) is 5.25. The number of fused-ring (bicyclic) bond motifs is 1. The molecule has 0 radical (unpaired) electrons. The molecule has 1 aromatic carbocycles. The predicted octanol–water partition coefficient (Wildman–Crippen LogP) is 2.79. The van der Waals surface area contributed by atoms with Gasteiger partial charge < -0.3 is 9.47 Å². The van der Waals surface area contributed by atoms with Crippen molar-refractivity contribution in [1.29, 1.82) is 0 Å². The molecule has 0 aliphatic rings. The van der Waals surface area contributed by atoms with Crippen LogP contribution < -0.4 is 4.74 Å². The van der Waals surface area contributed by atoms with E-state index in [1.54, 1.807) is 13.2 Å². The van der Waals surface area contributed by atoms with Crippen molar-refractivity contribution in [3.05, 3.63) is 34.4 Å². The number of benzene rings is 1. The van der Waals surface area contributed by atoms with Crippen molar-refractivity contribution < 1.29 is 14.3 Å². The van der Waals surface area contributed by atoms with E-state index in [0.717, 1.165) is 9.86 Å². The molecule has 4 nitrogen and oxygen atoms in total. The first-order chi connectivity index (χ1) is 8.26. The Morgan fingerprint density at radius 3 is 2.82 bits per heavy atom. The molecule has 0 amide bonds. The number of methoxy groups -OCH3 is 1. The number of carbonyl (C=O) groups excluding carboxylic acids is 1. The highest BCUT2D eigenvalue weighted by Gasteiger charge is 2.08. The lowest BCUT2D eigenvalue weighted by molar-refractivity contribution is 0.0507. The van der Waals surface area contributed by atoms with Crippen molar-refractivity contribution in [2.24, 2.45) is 0 Å². The standard InChI is InChI=1S/C12H10BrNO3/c1-16-7-17-10-5-3-8-2-4-9(6-15)14-12(8)11(10)13/h2-6H,7H2,1H3. The summed E-state index contributed by atoms with van der Waals surface area (Å²) in [5, 5.41) is 0.937. The third kappa shape index (κ3) is 2.45. The fourth-order valence-corrected chi connectivity index (χ4v) is 2.01. The number of hydrogen-bond acceptors (Lipinski definition) is 4. The summed E-state index contributed by atoms with van der Waals surface area (Å²) in [7, 11) is 1.55. The first-order valence-electron chi connectivity index (χ1n) is 4.92. The lowest BCUT2D eigenvalue weighted by Gasteiger charge is -2.08. The number of aldehydes is 1. The van der Waals surface area contributed by atoms with Gasteiger partial charge in [-0.15, -0.1) is 0 Å². The van der Waals surface area contributed by atoms with E-state index in [4.69, 9.17) is 9.47 Å². The molecular formula is C12H10BrNO3. The van der Waals surface area contributed by atoms with Gasteiger partial charge in [-0.05, 0) is 34.1 Å². The van der Waals surface area contributed by atoms with Gasteiger partial charge in [-0.3, -0.25) is 4.79 Å². The van der Waals surface area contributed by atoms with E-state index < -0.39 is 0 Å². The minimum atomic E-state index is 0.164. The van der Waals surface area contributed by atoms with Crippen LogP contribution in [0.1, 0.15) is 10.5 Å².